The number of rotatable bonds is 7. The number of nitrogens with one attached hydrogen (secondary N) is 1. The molecule has 1 N–H and O–H groups in total. The van der Waals surface area contributed by atoms with Crippen LogP contribution in [0, 0.1) is 13.8 Å². The molecule has 0 unspecified atom stereocenters. The Kier molecular flexibility index (Phi) is 4.83. The molecule has 0 bridgehead atoms. The summed E-state index contributed by atoms with van der Waals surface area (Å²) in [4.78, 5) is 2.35. The minimum Gasteiger partial charge on any atom is -0.496 e. The fourth-order valence-corrected chi connectivity index (χ4v) is 2.57. The second-order valence-corrected chi connectivity index (χ2v) is 5.74. The second kappa shape index (κ2) is 6.40. The Balaban J connectivity index is 1.92. The first-order valence-corrected chi connectivity index (χ1v) is 7.16. The predicted octanol–water partition coefficient (Wildman–Crippen LogP) is 2.50. The zero-order valence-corrected chi connectivity index (χ0v) is 12.6. The highest BCUT2D eigenvalue weighted by Crippen LogP contribution is 2.26. The van der Waals surface area contributed by atoms with Gasteiger partial charge in [-0.2, -0.15) is 0 Å². The Morgan fingerprint density at radius 1 is 1.32 bits per heavy atom. The lowest BCUT2D eigenvalue weighted by atomic mass is 10.1. The molecule has 0 atom stereocenters. The second-order valence-electron chi connectivity index (χ2n) is 5.74. The van der Waals surface area contributed by atoms with E-state index >= 15 is 0 Å². The highest BCUT2D eigenvalue weighted by molar-refractivity contribution is 5.43. The van der Waals surface area contributed by atoms with E-state index in [1.807, 2.05) is 0 Å². The van der Waals surface area contributed by atoms with Crippen LogP contribution in [-0.4, -0.2) is 38.2 Å². The summed E-state index contributed by atoms with van der Waals surface area (Å²) in [6.45, 7) is 7.35. The van der Waals surface area contributed by atoms with Gasteiger partial charge in [-0.05, 0) is 39.3 Å². The van der Waals surface area contributed by atoms with Crippen LogP contribution in [0.2, 0.25) is 0 Å². The smallest absolute Gasteiger partial charge is 0.126 e. The van der Waals surface area contributed by atoms with Gasteiger partial charge in [0.1, 0.15) is 5.75 Å². The highest BCUT2D eigenvalue weighted by Gasteiger charge is 2.19. The third kappa shape index (κ3) is 4.22. The standard InChI is InChI=1S/C16H26N2O/c1-12-9-13(2)16(19-4)14(10-12)11-18(3)8-7-17-15-5-6-15/h9-10,15,17H,5-8,11H2,1-4H3. The molecule has 106 valence electrons. The van der Waals surface area contributed by atoms with E-state index in [2.05, 4.69) is 43.2 Å². The summed E-state index contributed by atoms with van der Waals surface area (Å²) >= 11 is 0. The summed E-state index contributed by atoms with van der Waals surface area (Å²) < 4.78 is 5.54. The molecule has 3 nitrogen and oxygen atoms in total. The number of methoxy groups -OCH3 is 1. The van der Waals surface area contributed by atoms with Gasteiger partial charge in [0, 0.05) is 31.2 Å². The van der Waals surface area contributed by atoms with Crippen molar-refractivity contribution in [1.29, 1.82) is 0 Å². The zero-order valence-electron chi connectivity index (χ0n) is 12.6. The van der Waals surface area contributed by atoms with Crippen molar-refractivity contribution in [2.75, 3.05) is 27.2 Å². The fourth-order valence-electron chi connectivity index (χ4n) is 2.57. The summed E-state index contributed by atoms with van der Waals surface area (Å²) in [6.07, 6.45) is 2.71. The van der Waals surface area contributed by atoms with Gasteiger partial charge in [-0.3, -0.25) is 0 Å². The van der Waals surface area contributed by atoms with Gasteiger partial charge in [-0.25, -0.2) is 0 Å². The molecule has 1 aliphatic carbocycles. The first-order chi connectivity index (χ1) is 9.10. The largest absolute Gasteiger partial charge is 0.496 e. The van der Waals surface area contributed by atoms with Crippen LogP contribution >= 0.6 is 0 Å². The Hall–Kier alpha value is -1.06. The van der Waals surface area contributed by atoms with E-state index < -0.39 is 0 Å². The van der Waals surface area contributed by atoms with Crippen molar-refractivity contribution >= 4 is 0 Å². The van der Waals surface area contributed by atoms with Crippen LogP contribution in [0.25, 0.3) is 0 Å². The number of hydrogen-bond donors (Lipinski definition) is 1. The van der Waals surface area contributed by atoms with Crippen LogP contribution in [0.15, 0.2) is 12.1 Å². The van der Waals surface area contributed by atoms with Crippen LogP contribution in [0.1, 0.15) is 29.5 Å². The SMILES string of the molecule is COc1c(C)cc(C)cc1CN(C)CCNC1CC1. The monoisotopic (exact) mass is 262 g/mol. The van der Waals surface area contributed by atoms with Crippen molar-refractivity contribution in [3.63, 3.8) is 0 Å². The zero-order chi connectivity index (χ0) is 13.8. The molecular formula is C16H26N2O. The number of likely N-dealkylation sites (N-methyl/N-ethyl adjacent to an activating group) is 1. The van der Waals surface area contributed by atoms with E-state index in [9.17, 15) is 0 Å². The topological polar surface area (TPSA) is 24.5 Å². The van der Waals surface area contributed by atoms with Crippen molar-refractivity contribution in [3.05, 3.63) is 28.8 Å². The van der Waals surface area contributed by atoms with Crippen molar-refractivity contribution in [3.8, 4) is 5.75 Å². The molecule has 0 heterocycles. The van der Waals surface area contributed by atoms with Gasteiger partial charge in [0.2, 0.25) is 0 Å². The average molecular weight is 262 g/mol. The molecule has 1 aliphatic rings. The highest BCUT2D eigenvalue weighted by atomic mass is 16.5. The maximum absolute atomic E-state index is 5.54. The molecule has 1 saturated carbocycles. The Bertz CT molecular complexity index is 427. The fraction of sp³-hybridized carbons (Fsp3) is 0.625. The molecule has 2 rings (SSSR count). The molecule has 19 heavy (non-hydrogen) atoms. The van der Waals surface area contributed by atoms with Crippen LogP contribution in [0.5, 0.6) is 5.75 Å². The van der Waals surface area contributed by atoms with E-state index in [0.29, 0.717) is 0 Å². The molecule has 0 aliphatic heterocycles. The minimum atomic E-state index is 0.796. The molecule has 1 fully saturated rings. The number of nitrogens with zero attached hydrogens (tertiary/aromatic N) is 1. The summed E-state index contributed by atoms with van der Waals surface area (Å²) in [5.74, 6) is 1.03. The summed E-state index contributed by atoms with van der Waals surface area (Å²) in [7, 11) is 3.93. The van der Waals surface area contributed by atoms with Gasteiger partial charge in [-0.1, -0.05) is 17.7 Å². The van der Waals surface area contributed by atoms with Gasteiger partial charge < -0.3 is 15.0 Å². The maximum atomic E-state index is 5.54. The lowest BCUT2D eigenvalue weighted by Crippen LogP contribution is -2.30. The van der Waals surface area contributed by atoms with E-state index in [1.54, 1.807) is 7.11 Å². The molecule has 0 amide bonds. The first-order valence-electron chi connectivity index (χ1n) is 7.16. The molecule has 1 aromatic carbocycles. The summed E-state index contributed by atoms with van der Waals surface area (Å²) in [6, 6.07) is 5.21. The van der Waals surface area contributed by atoms with Crippen molar-refractivity contribution in [2.24, 2.45) is 0 Å². The Labute approximate surface area is 116 Å². The molecule has 0 aromatic heterocycles. The van der Waals surface area contributed by atoms with Crippen LogP contribution in [-0.2, 0) is 6.54 Å². The number of ether oxygens (including phenoxy) is 1. The van der Waals surface area contributed by atoms with Gasteiger partial charge in [0.05, 0.1) is 7.11 Å². The van der Waals surface area contributed by atoms with Gasteiger partial charge >= 0.3 is 0 Å². The third-order valence-electron chi connectivity index (χ3n) is 3.64. The molecule has 0 radical (unpaired) electrons. The van der Waals surface area contributed by atoms with E-state index in [4.69, 9.17) is 4.74 Å². The van der Waals surface area contributed by atoms with Crippen LogP contribution in [0.4, 0.5) is 0 Å². The molecule has 1 aromatic rings. The molecular weight excluding hydrogens is 236 g/mol. The lowest BCUT2D eigenvalue weighted by Gasteiger charge is -2.20. The summed E-state index contributed by atoms with van der Waals surface area (Å²) in [5, 5.41) is 3.55. The van der Waals surface area contributed by atoms with Gasteiger partial charge in [0.25, 0.3) is 0 Å². The number of hydrogen-bond acceptors (Lipinski definition) is 3. The van der Waals surface area contributed by atoms with Crippen LogP contribution in [0.3, 0.4) is 0 Å². The molecule has 3 heteroatoms. The quantitative estimate of drug-likeness (QED) is 0.817. The average Bonchev–Trinajstić information content (AvgIpc) is 3.12. The first kappa shape index (κ1) is 14.4. The van der Waals surface area contributed by atoms with Crippen LogP contribution < -0.4 is 10.1 Å². The third-order valence-corrected chi connectivity index (χ3v) is 3.64. The lowest BCUT2D eigenvalue weighted by molar-refractivity contribution is 0.314. The Morgan fingerprint density at radius 3 is 2.68 bits per heavy atom. The minimum absolute atomic E-state index is 0.796. The van der Waals surface area contributed by atoms with E-state index in [1.165, 1.54) is 29.5 Å². The van der Waals surface area contributed by atoms with E-state index in [-0.39, 0.29) is 0 Å². The summed E-state index contributed by atoms with van der Waals surface area (Å²) in [5.41, 5.74) is 3.81. The normalized spacial score (nSPS) is 15.0. The predicted molar refractivity (Wildman–Crippen MR) is 79.8 cm³/mol. The van der Waals surface area contributed by atoms with Gasteiger partial charge in [-0.15, -0.1) is 0 Å². The molecule has 0 saturated heterocycles. The van der Waals surface area contributed by atoms with Crippen molar-refractivity contribution < 1.29 is 4.74 Å². The Morgan fingerprint density at radius 2 is 2.05 bits per heavy atom. The van der Waals surface area contributed by atoms with Crippen molar-refractivity contribution in [2.45, 2.75) is 39.3 Å². The number of aryl methyl sites for hydroxylation is 2. The number of benzene rings is 1. The van der Waals surface area contributed by atoms with Gasteiger partial charge in [0.15, 0.2) is 0 Å². The van der Waals surface area contributed by atoms with E-state index in [0.717, 1.165) is 31.4 Å². The molecule has 0 spiro atoms. The van der Waals surface area contributed by atoms with Crippen molar-refractivity contribution in [1.82, 2.24) is 10.2 Å². The maximum Gasteiger partial charge on any atom is 0.126 e.